The second-order valence-corrected chi connectivity index (χ2v) is 7.82. The Hall–Kier alpha value is -1.07. The van der Waals surface area contributed by atoms with Crippen LogP contribution in [0.5, 0.6) is 0 Å². The minimum atomic E-state index is -0.326. The van der Waals surface area contributed by atoms with E-state index in [4.69, 9.17) is 14.6 Å². The summed E-state index contributed by atoms with van der Waals surface area (Å²) in [6.45, 7) is 0.762. The van der Waals surface area contributed by atoms with Gasteiger partial charge >= 0.3 is 0 Å². The molecule has 5 nitrogen and oxygen atoms in total. The van der Waals surface area contributed by atoms with Crippen molar-refractivity contribution in [2.45, 2.75) is 76.5 Å². The largest absolute Gasteiger partial charge is 0.459 e. The number of nitrogens with zero attached hydrogens (tertiary/aromatic N) is 1. The summed E-state index contributed by atoms with van der Waals surface area (Å²) >= 11 is 0. The van der Waals surface area contributed by atoms with E-state index in [1.807, 2.05) is 11.9 Å². The molecule has 0 spiro atoms. The van der Waals surface area contributed by atoms with Crippen LogP contribution in [0.15, 0.2) is 11.8 Å². The molecule has 1 amide bonds. The molecule has 1 heterocycles. The number of amides is 1. The number of hydrogen-bond donors (Lipinski definition) is 1. The molecular weight excluding hydrogens is 318 g/mol. The van der Waals surface area contributed by atoms with E-state index in [0.717, 1.165) is 32.1 Å². The Morgan fingerprint density at radius 1 is 1.24 bits per heavy atom. The van der Waals surface area contributed by atoms with E-state index in [1.54, 1.807) is 0 Å². The first-order valence-electron chi connectivity index (χ1n) is 10.1. The summed E-state index contributed by atoms with van der Waals surface area (Å²) in [6, 6.07) is 0.343. The average Bonchev–Trinajstić information content (AvgIpc) is 3.50. The standard InChI is InChI=1S/C20H33NO4/c1-21(17-7-3-2-4-8-17)20(23)18-13-16(15-9-10-15)14-19(25-18)24-12-6-5-11-22/h13,15-17,19,22H,2-12,14H2,1H3/t16-,19+/m1/s1. The molecule has 2 fully saturated rings. The number of aliphatic hydroxyl groups excluding tert-OH is 1. The number of likely N-dealkylation sites (N-methyl/N-ethyl adjacent to an activating group) is 1. The zero-order valence-electron chi connectivity index (χ0n) is 15.5. The van der Waals surface area contributed by atoms with Crippen LogP contribution in [0.2, 0.25) is 0 Å². The lowest BCUT2D eigenvalue weighted by atomic mass is 9.93. The number of aliphatic hydroxyl groups is 1. The first-order valence-corrected chi connectivity index (χ1v) is 10.1. The van der Waals surface area contributed by atoms with Crippen LogP contribution in [0.25, 0.3) is 0 Å². The maximum atomic E-state index is 13.0. The third-order valence-corrected chi connectivity index (χ3v) is 5.83. The predicted molar refractivity (Wildman–Crippen MR) is 95.7 cm³/mol. The van der Waals surface area contributed by atoms with Crippen LogP contribution in [-0.4, -0.2) is 48.5 Å². The quantitative estimate of drug-likeness (QED) is 0.682. The van der Waals surface area contributed by atoms with E-state index >= 15 is 0 Å². The highest BCUT2D eigenvalue weighted by Crippen LogP contribution is 2.43. The lowest BCUT2D eigenvalue weighted by Crippen LogP contribution is -2.41. The summed E-state index contributed by atoms with van der Waals surface area (Å²) in [5, 5.41) is 8.88. The van der Waals surface area contributed by atoms with Crippen molar-refractivity contribution in [1.29, 1.82) is 0 Å². The highest BCUT2D eigenvalue weighted by Gasteiger charge is 2.38. The van der Waals surface area contributed by atoms with Crippen LogP contribution in [0.1, 0.15) is 64.2 Å². The van der Waals surface area contributed by atoms with E-state index in [2.05, 4.69) is 6.08 Å². The van der Waals surface area contributed by atoms with Gasteiger partial charge in [0.15, 0.2) is 5.76 Å². The first-order chi connectivity index (χ1) is 12.2. The van der Waals surface area contributed by atoms with Crippen molar-refractivity contribution >= 4 is 5.91 Å². The van der Waals surface area contributed by atoms with Crippen molar-refractivity contribution < 1.29 is 19.4 Å². The molecule has 142 valence electrons. The van der Waals surface area contributed by atoms with E-state index in [-0.39, 0.29) is 18.8 Å². The Kier molecular flexibility index (Phi) is 6.77. The van der Waals surface area contributed by atoms with Gasteiger partial charge in [-0.15, -0.1) is 0 Å². The van der Waals surface area contributed by atoms with Crippen molar-refractivity contribution in [2.24, 2.45) is 11.8 Å². The van der Waals surface area contributed by atoms with Gasteiger partial charge in [-0.2, -0.15) is 0 Å². The second-order valence-electron chi connectivity index (χ2n) is 7.82. The van der Waals surface area contributed by atoms with E-state index < -0.39 is 0 Å². The Labute approximate surface area is 151 Å². The molecule has 2 saturated carbocycles. The average molecular weight is 351 g/mol. The number of ether oxygens (including phenoxy) is 2. The molecular formula is C20H33NO4. The molecule has 25 heavy (non-hydrogen) atoms. The molecule has 0 aromatic rings. The lowest BCUT2D eigenvalue weighted by Gasteiger charge is -2.34. The molecule has 0 aromatic carbocycles. The normalized spacial score (nSPS) is 27.5. The molecule has 3 rings (SSSR count). The van der Waals surface area contributed by atoms with Crippen LogP contribution in [0.4, 0.5) is 0 Å². The molecule has 0 unspecified atom stereocenters. The Morgan fingerprint density at radius 3 is 2.68 bits per heavy atom. The number of carbonyl (C=O) groups is 1. The zero-order valence-corrected chi connectivity index (χ0v) is 15.5. The smallest absolute Gasteiger partial charge is 0.288 e. The highest BCUT2D eigenvalue weighted by atomic mass is 16.7. The number of hydrogen-bond acceptors (Lipinski definition) is 4. The monoisotopic (exact) mass is 351 g/mol. The van der Waals surface area contributed by atoms with Gasteiger partial charge in [0.25, 0.3) is 5.91 Å². The minimum absolute atomic E-state index is 0.0150. The Morgan fingerprint density at radius 2 is 2.00 bits per heavy atom. The van der Waals surface area contributed by atoms with Gasteiger partial charge in [-0.25, -0.2) is 0 Å². The summed E-state index contributed by atoms with van der Waals surface area (Å²) in [7, 11) is 1.92. The molecule has 3 aliphatic rings. The van der Waals surface area contributed by atoms with Crippen LogP contribution in [0.3, 0.4) is 0 Å². The summed E-state index contributed by atoms with van der Waals surface area (Å²) in [5.74, 6) is 1.59. The maximum absolute atomic E-state index is 13.0. The highest BCUT2D eigenvalue weighted by molar-refractivity contribution is 5.91. The SMILES string of the molecule is CN(C(=O)C1=C[C@@H](C2CC2)C[C@@H](OCCCCO)O1)C1CCCCC1. The van der Waals surface area contributed by atoms with Gasteiger partial charge in [-0.1, -0.05) is 19.3 Å². The molecule has 1 aliphatic heterocycles. The second kappa shape index (κ2) is 9.04. The van der Waals surface area contributed by atoms with Crippen LogP contribution in [0, 0.1) is 11.8 Å². The van der Waals surface area contributed by atoms with E-state index in [1.165, 1.54) is 32.1 Å². The van der Waals surface area contributed by atoms with Gasteiger partial charge in [-0.3, -0.25) is 4.79 Å². The summed E-state index contributed by atoms with van der Waals surface area (Å²) < 4.78 is 11.8. The molecule has 1 N–H and O–H groups in total. The molecule has 0 saturated heterocycles. The Balaban J connectivity index is 1.59. The minimum Gasteiger partial charge on any atom is -0.459 e. The van der Waals surface area contributed by atoms with Crippen molar-refractivity contribution in [3.05, 3.63) is 11.8 Å². The zero-order chi connectivity index (χ0) is 17.6. The van der Waals surface area contributed by atoms with E-state index in [9.17, 15) is 4.79 Å². The number of carbonyl (C=O) groups excluding carboxylic acids is 1. The van der Waals surface area contributed by atoms with Gasteiger partial charge in [0.05, 0.1) is 6.61 Å². The third kappa shape index (κ3) is 5.20. The van der Waals surface area contributed by atoms with Crippen molar-refractivity contribution in [3.8, 4) is 0 Å². The first kappa shape index (κ1) is 18.7. The summed E-state index contributed by atoms with van der Waals surface area (Å²) in [4.78, 5) is 14.8. The van der Waals surface area contributed by atoms with Crippen molar-refractivity contribution in [1.82, 2.24) is 4.90 Å². The molecule has 0 bridgehead atoms. The van der Waals surface area contributed by atoms with Crippen molar-refractivity contribution in [2.75, 3.05) is 20.3 Å². The predicted octanol–water partition coefficient (Wildman–Crippen LogP) is 3.22. The number of unbranched alkanes of at least 4 members (excludes halogenated alkanes) is 1. The van der Waals surface area contributed by atoms with Crippen LogP contribution in [-0.2, 0) is 14.3 Å². The fourth-order valence-corrected chi connectivity index (χ4v) is 4.03. The summed E-state index contributed by atoms with van der Waals surface area (Å²) in [5.41, 5.74) is 0. The van der Waals surface area contributed by atoms with Gasteiger partial charge in [0.1, 0.15) is 0 Å². The lowest BCUT2D eigenvalue weighted by molar-refractivity contribution is -0.156. The topological polar surface area (TPSA) is 59.0 Å². The molecule has 5 heteroatoms. The third-order valence-electron chi connectivity index (χ3n) is 5.83. The van der Waals surface area contributed by atoms with Gasteiger partial charge in [0.2, 0.25) is 6.29 Å². The molecule has 2 aliphatic carbocycles. The van der Waals surface area contributed by atoms with E-state index in [0.29, 0.717) is 30.2 Å². The van der Waals surface area contributed by atoms with Gasteiger partial charge in [-0.05, 0) is 56.4 Å². The Bertz CT molecular complexity index is 468. The molecule has 0 radical (unpaired) electrons. The van der Waals surface area contributed by atoms with Gasteiger partial charge < -0.3 is 19.5 Å². The summed E-state index contributed by atoms with van der Waals surface area (Å²) in [6.07, 6.45) is 12.5. The number of rotatable bonds is 8. The van der Waals surface area contributed by atoms with Gasteiger partial charge in [0, 0.05) is 26.1 Å². The fourth-order valence-electron chi connectivity index (χ4n) is 4.03. The number of allylic oxidation sites excluding steroid dienone is 1. The fraction of sp³-hybridized carbons (Fsp3) is 0.850. The molecule has 0 aromatic heterocycles. The van der Waals surface area contributed by atoms with Crippen molar-refractivity contribution in [3.63, 3.8) is 0 Å². The van der Waals surface area contributed by atoms with Crippen LogP contribution >= 0.6 is 0 Å². The van der Waals surface area contributed by atoms with Crippen LogP contribution < -0.4 is 0 Å². The molecule has 2 atom stereocenters. The maximum Gasteiger partial charge on any atom is 0.288 e.